The number of thiazole rings is 1. The van der Waals surface area contributed by atoms with E-state index in [1.165, 1.54) is 0 Å². The second-order valence-electron chi connectivity index (χ2n) is 3.66. The fourth-order valence-corrected chi connectivity index (χ4v) is 2.79. The van der Waals surface area contributed by atoms with Gasteiger partial charge in [-0.25, -0.2) is 4.98 Å². The third-order valence-electron chi connectivity index (χ3n) is 2.27. The first-order valence-electron chi connectivity index (χ1n) is 5.20. The van der Waals surface area contributed by atoms with Gasteiger partial charge in [-0.3, -0.25) is 4.79 Å². The molecule has 2 aromatic rings. The van der Waals surface area contributed by atoms with Crippen LogP contribution in [0.2, 0.25) is 5.02 Å². The molecule has 1 amide bonds. The number of aryl methyl sites for hydroxylation is 1. The zero-order chi connectivity index (χ0) is 13.1. The molecular formula is C12H10ClIN2OS. The van der Waals surface area contributed by atoms with Crippen LogP contribution >= 0.6 is 45.5 Å². The maximum absolute atomic E-state index is 12.0. The van der Waals surface area contributed by atoms with Crippen molar-refractivity contribution in [2.24, 2.45) is 0 Å². The summed E-state index contributed by atoms with van der Waals surface area (Å²) in [5.41, 5.74) is 1.47. The van der Waals surface area contributed by atoms with Gasteiger partial charge in [-0.2, -0.15) is 0 Å². The van der Waals surface area contributed by atoms with Crippen LogP contribution in [0.15, 0.2) is 23.6 Å². The number of rotatable bonds is 3. The van der Waals surface area contributed by atoms with E-state index < -0.39 is 0 Å². The highest BCUT2D eigenvalue weighted by atomic mass is 127. The van der Waals surface area contributed by atoms with Crippen molar-refractivity contribution >= 4 is 51.4 Å². The Bertz CT molecular complexity index is 585. The van der Waals surface area contributed by atoms with Gasteiger partial charge in [0.15, 0.2) is 0 Å². The molecule has 1 aromatic carbocycles. The molecule has 0 saturated heterocycles. The quantitative estimate of drug-likeness (QED) is 0.810. The summed E-state index contributed by atoms with van der Waals surface area (Å²) >= 11 is 9.58. The highest BCUT2D eigenvalue weighted by Crippen LogP contribution is 2.18. The van der Waals surface area contributed by atoms with Crippen molar-refractivity contribution in [3.8, 4) is 0 Å². The standard InChI is InChI=1S/C12H10ClIN2OS/c1-7-16-9(6-18-7)5-15-12(17)10-4-8(13)2-3-11(10)14/h2-4,6H,5H2,1H3,(H,15,17). The van der Waals surface area contributed by atoms with Crippen molar-refractivity contribution in [1.29, 1.82) is 0 Å². The Hall–Kier alpha value is -0.660. The van der Waals surface area contributed by atoms with Gasteiger partial charge in [0.1, 0.15) is 0 Å². The van der Waals surface area contributed by atoms with Crippen molar-refractivity contribution in [2.45, 2.75) is 13.5 Å². The average Bonchev–Trinajstić information content (AvgIpc) is 2.75. The van der Waals surface area contributed by atoms with Crippen LogP contribution in [0.1, 0.15) is 21.1 Å². The maximum Gasteiger partial charge on any atom is 0.252 e. The molecule has 94 valence electrons. The number of hydrogen-bond donors (Lipinski definition) is 1. The van der Waals surface area contributed by atoms with E-state index in [9.17, 15) is 4.79 Å². The van der Waals surface area contributed by atoms with Crippen LogP contribution < -0.4 is 5.32 Å². The number of carbonyl (C=O) groups excluding carboxylic acids is 1. The average molecular weight is 393 g/mol. The molecule has 2 rings (SSSR count). The first-order valence-corrected chi connectivity index (χ1v) is 7.54. The van der Waals surface area contributed by atoms with Crippen molar-refractivity contribution in [2.75, 3.05) is 0 Å². The number of aromatic nitrogens is 1. The fourth-order valence-electron chi connectivity index (χ4n) is 1.43. The van der Waals surface area contributed by atoms with E-state index in [2.05, 4.69) is 32.9 Å². The fraction of sp³-hybridized carbons (Fsp3) is 0.167. The van der Waals surface area contributed by atoms with Gasteiger partial charge in [-0.1, -0.05) is 11.6 Å². The summed E-state index contributed by atoms with van der Waals surface area (Å²) < 4.78 is 0.879. The van der Waals surface area contributed by atoms with Crippen LogP contribution in [0.3, 0.4) is 0 Å². The van der Waals surface area contributed by atoms with Gasteiger partial charge in [-0.05, 0) is 47.7 Å². The molecule has 3 nitrogen and oxygen atoms in total. The van der Waals surface area contributed by atoms with Crippen molar-refractivity contribution in [1.82, 2.24) is 10.3 Å². The summed E-state index contributed by atoms with van der Waals surface area (Å²) in [4.78, 5) is 16.3. The highest BCUT2D eigenvalue weighted by Gasteiger charge is 2.10. The Morgan fingerprint density at radius 1 is 1.56 bits per heavy atom. The predicted molar refractivity (Wildman–Crippen MR) is 82.2 cm³/mol. The minimum Gasteiger partial charge on any atom is -0.346 e. The topological polar surface area (TPSA) is 42.0 Å². The number of benzene rings is 1. The van der Waals surface area contributed by atoms with E-state index >= 15 is 0 Å². The van der Waals surface area contributed by atoms with Crippen LogP contribution in [0.25, 0.3) is 0 Å². The Labute approximate surface area is 128 Å². The molecule has 0 fully saturated rings. The van der Waals surface area contributed by atoms with Crippen LogP contribution in [-0.2, 0) is 6.54 Å². The van der Waals surface area contributed by atoms with E-state index in [1.807, 2.05) is 18.4 Å². The second kappa shape index (κ2) is 5.99. The van der Waals surface area contributed by atoms with E-state index in [1.54, 1.807) is 23.5 Å². The molecule has 0 unspecified atom stereocenters. The SMILES string of the molecule is Cc1nc(CNC(=O)c2cc(Cl)ccc2I)cs1. The lowest BCUT2D eigenvalue weighted by Gasteiger charge is -2.06. The van der Waals surface area contributed by atoms with Crippen molar-refractivity contribution < 1.29 is 4.79 Å². The van der Waals surface area contributed by atoms with E-state index in [4.69, 9.17) is 11.6 Å². The summed E-state index contributed by atoms with van der Waals surface area (Å²) in [6, 6.07) is 5.26. The summed E-state index contributed by atoms with van der Waals surface area (Å²) in [5.74, 6) is -0.132. The molecule has 0 atom stereocenters. The molecule has 1 aromatic heterocycles. The number of amides is 1. The molecule has 0 saturated carbocycles. The third kappa shape index (κ3) is 3.43. The molecule has 0 aliphatic carbocycles. The summed E-state index contributed by atoms with van der Waals surface area (Å²) in [6.07, 6.45) is 0. The summed E-state index contributed by atoms with van der Waals surface area (Å²) in [5, 5.41) is 6.34. The first kappa shape index (κ1) is 13.8. The summed E-state index contributed by atoms with van der Waals surface area (Å²) in [7, 11) is 0. The van der Waals surface area contributed by atoms with Gasteiger partial charge in [0.25, 0.3) is 5.91 Å². The molecule has 0 radical (unpaired) electrons. The van der Waals surface area contributed by atoms with Crippen LogP contribution in [0.5, 0.6) is 0 Å². The number of nitrogens with zero attached hydrogens (tertiary/aromatic N) is 1. The monoisotopic (exact) mass is 392 g/mol. The molecule has 0 spiro atoms. The lowest BCUT2D eigenvalue weighted by atomic mass is 10.2. The maximum atomic E-state index is 12.0. The Balaban J connectivity index is 2.05. The molecule has 0 bridgehead atoms. The zero-order valence-corrected chi connectivity index (χ0v) is 13.3. The molecule has 1 N–H and O–H groups in total. The Morgan fingerprint density at radius 2 is 2.33 bits per heavy atom. The van der Waals surface area contributed by atoms with Gasteiger partial charge in [0.2, 0.25) is 0 Å². The zero-order valence-electron chi connectivity index (χ0n) is 9.54. The Kier molecular flexibility index (Phi) is 4.58. The lowest BCUT2D eigenvalue weighted by Crippen LogP contribution is -2.23. The second-order valence-corrected chi connectivity index (χ2v) is 6.33. The van der Waals surface area contributed by atoms with Gasteiger partial charge in [-0.15, -0.1) is 11.3 Å². The van der Waals surface area contributed by atoms with Gasteiger partial charge >= 0.3 is 0 Å². The largest absolute Gasteiger partial charge is 0.346 e. The number of halogens is 2. The van der Waals surface area contributed by atoms with Crippen LogP contribution in [0, 0.1) is 10.5 Å². The smallest absolute Gasteiger partial charge is 0.252 e. The van der Waals surface area contributed by atoms with E-state index in [0.29, 0.717) is 17.1 Å². The first-order chi connectivity index (χ1) is 8.56. The minimum absolute atomic E-state index is 0.132. The number of hydrogen-bond acceptors (Lipinski definition) is 3. The van der Waals surface area contributed by atoms with Crippen molar-refractivity contribution in [3.05, 3.63) is 48.4 Å². The molecule has 6 heteroatoms. The van der Waals surface area contributed by atoms with Gasteiger partial charge in [0.05, 0.1) is 22.8 Å². The molecule has 18 heavy (non-hydrogen) atoms. The number of nitrogens with one attached hydrogen (secondary N) is 1. The molecule has 0 aliphatic rings. The van der Waals surface area contributed by atoms with Crippen LogP contribution in [-0.4, -0.2) is 10.9 Å². The summed E-state index contributed by atoms with van der Waals surface area (Å²) in [6.45, 7) is 2.38. The third-order valence-corrected chi connectivity index (χ3v) is 4.27. The minimum atomic E-state index is -0.132. The van der Waals surface area contributed by atoms with E-state index in [-0.39, 0.29) is 5.91 Å². The van der Waals surface area contributed by atoms with Crippen LogP contribution in [0.4, 0.5) is 0 Å². The molecule has 0 aliphatic heterocycles. The molecular weight excluding hydrogens is 383 g/mol. The van der Waals surface area contributed by atoms with Gasteiger partial charge < -0.3 is 5.32 Å². The number of carbonyl (C=O) groups is 1. The van der Waals surface area contributed by atoms with E-state index in [0.717, 1.165) is 14.3 Å². The predicted octanol–water partition coefficient (Wildman–Crippen LogP) is 3.64. The Morgan fingerprint density at radius 3 is 3.00 bits per heavy atom. The lowest BCUT2D eigenvalue weighted by molar-refractivity contribution is 0.0949. The van der Waals surface area contributed by atoms with Gasteiger partial charge in [0, 0.05) is 14.0 Å². The van der Waals surface area contributed by atoms with Crippen molar-refractivity contribution in [3.63, 3.8) is 0 Å². The molecule has 1 heterocycles. The highest BCUT2D eigenvalue weighted by molar-refractivity contribution is 14.1. The normalized spacial score (nSPS) is 10.4.